The molecule has 242 valence electrons. The minimum Gasteiger partial charge on any atom is -0.307 e. The van der Waals surface area contributed by atoms with E-state index in [0.29, 0.717) is 11.9 Å². The van der Waals surface area contributed by atoms with Gasteiger partial charge in [-0.25, -0.2) is 9.97 Å². The molecule has 0 amide bonds. The second-order valence-electron chi connectivity index (χ2n) is 13.5. The van der Waals surface area contributed by atoms with Gasteiger partial charge in [0.2, 0.25) is 5.95 Å². The van der Waals surface area contributed by atoms with Crippen LogP contribution in [0.15, 0.2) is 170 Å². The van der Waals surface area contributed by atoms with Crippen LogP contribution in [0.3, 0.4) is 0 Å². The van der Waals surface area contributed by atoms with Crippen molar-refractivity contribution in [3.63, 3.8) is 0 Å². The Hall–Kier alpha value is -6.52. The molecule has 0 aliphatic heterocycles. The molecule has 0 radical (unpaired) electrons. The summed E-state index contributed by atoms with van der Waals surface area (Å²) in [6.45, 7) is 2.25. The fourth-order valence-corrected chi connectivity index (χ4v) is 7.85. The summed E-state index contributed by atoms with van der Waals surface area (Å²) in [5, 5.41) is 4.75. The molecule has 0 spiro atoms. The first-order chi connectivity index (χ1) is 25.2. The van der Waals surface area contributed by atoms with Crippen LogP contribution >= 0.6 is 0 Å². The van der Waals surface area contributed by atoms with Crippen molar-refractivity contribution in [1.29, 1.82) is 0 Å². The van der Waals surface area contributed by atoms with Gasteiger partial charge < -0.3 is 4.57 Å². The van der Waals surface area contributed by atoms with Crippen molar-refractivity contribution >= 4 is 49.2 Å². The van der Waals surface area contributed by atoms with Crippen LogP contribution in [0.2, 0.25) is 0 Å². The topological polar surface area (TPSA) is 35.6 Å². The lowest BCUT2D eigenvalue weighted by molar-refractivity contribution is 0.738. The highest BCUT2D eigenvalue weighted by molar-refractivity contribution is 6.28. The van der Waals surface area contributed by atoms with E-state index in [1.807, 2.05) is 0 Å². The maximum absolute atomic E-state index is 5.44. The molecule has 1 aliphatic rings. The van der Waals surface area contributed by atoms with Crippen LogP contribution in [-0.2, 0) is 0 Å². The lowest BCUT2D eigenvalue weighted by atomic mass is 9.96. The molecule has 1 aliphatic carbocycles. The monoisotopic (exact) mass is 654 g/mol. The fraction of sp³-hybridized carbons (Fsp3) is 0.0638. The van der Waals surface area contributed by atoms with E-state index >= 15 is 0 Å². The van der Waals surface area contributed by atoms with Crippen LogP contribution < -0.4 is 0 Å². The number of para-hydroxylation sites is 3. The Labute approximate surface area is 296 Å². The van der Waals surface area contributed by atoms with Gasteiger partial charge in [0.1, 0.15) is 0 Å². The summed E-state index contributed by atoms with van der Waals surface area (Å²) in [6, 6.07) is 54.0. The maximum atomic E-state index is 5.44. The highest BCUT2D eigenvalue weighted by atomic mass is 15.2. The Balaban J connectivity index is 1.42. The third-order valence-corrected chi connectivity index (χ3v) is 10.3. The Morgan fingerprint density at radius 1 is 0.549 bits per heavy atom. The van der Waals surface area contributed by atoms with E-state index < -0.39 is 0 Å². The molecule has 0 saturated heterocycles. The van der Waals surface area contributed by atoms with Crippen LogP contribution in [0, 0.1) is 5.92 Å². The van der Waals surface area contributed by atoms with Crippen molar-refractivity contribution in [2.75, 3.05) is 0 Å². The lowest BCUT2D eigenvalue weighted by Crippen LogP contribution is -2.07. The summed E-state index contributed by atoms with van der Waals surface area (Å²) < 4.78 is 4.75. The maximum Gasteiger partial charge on any atom is 0.235 e. The molecule has 10 rings (SSSR count). The number of aromatic nitrogens is 4. The van der Waals surface area contributed by atoms with E-state index in [9.17, 15) is 0 Å². The van der Waals surface area contributed by atoms with E-state index in [1.54, 1.807) is 0 Å². The van der Waals surface area contributed by atoms with Crippen LogP contribution in [0.5, 0.6) is 0 Å². The van der Waals surface area contributed by atoms with Crippen LogP contribution in [0.1, 0.15) is 19.0 Å². The van der Waals surface area contributed by atoms with Gasteiger partial charge in [0.05, 0.1) is 33.5 Å². The predicted molar refractivity (Wildman–Crippen MR) is 212 cm³/mol. The van der Waals surface area contributed by atoms with Crippen molar-refractivity contribution in [3.05, 3.63) is 176 Å². The Kier molecular flexibility index (Phi) is 6.81. The van der Waals surface area contributed by atoms with Gasteiger partial charge in [-0.1, -0.05) is 140 Å². The largest absolute Gasteiger partial charge is 0.307 e. The predicted octanol–water partition coefficient (Wildman–Crippen LogP) is 12.0. The van der Waals surface area contributed by atoms with Gasteiger partial charge >= 0.3 is 0 Å². The molecule has 1 atom stereocenters. The minimum atomic E-state index is 0.505. The van der Waals surface area contributed by atoms with Crippen molar-refractivity contribution < 1.29 is 0 Å². The van der Waals surface area contributed by atoms with Crippen molar-refractivity contribution in [2.24, 2.45) is 5.92 Å². The first-order valence-electron chi connectivity index (χ1n) is 17.7. The number of rotatable bonds is 5. The smallest absolute Gasteiger partial charge is 0.235 e. The Bertz CT molecular complexity index is 2820. The molecule has 0 saturated carbocycles. The molecule has 3 aromatic heterocycles. The standard InChI is InChI=1S/C47H34N4/c1-31-25-27-34(28-26-31)41-30-40(33-17-7-3-8-18-33)48-47(49-41)51-43-24-14-12-22-37(43)44-38(32-15-5-2-6-16-32)29-39-36-21-11-13-23-42(36)50(45(39)46(44)51)35-19-9-4-10-20-35/h2-25,27-31H,26H2,1H3. The van der Waals surface area contributed by atoms with Crippen molar-refractivity contribution in [3.8, 4) is 34.0 Å². The zero-order valence-electron chi connectivity index (χ0n) is 28.2. The van der Waals surface area contributed by atoms with Crippen molar-refractivity contribution in [2.45, 2.75) is 13.3 Å². The van der Waals surface area contributed by atoms with E-state index in [0.717, 1.165) is 56.7 Å². The summed E-state index contributed by atoms with van der Waals surface area (Å²) in [5.41, 5.74) is 11.9. The minimum absolute atomic E-state index is 0.505. The van der Waals surface area contributed by atoms with E-state index in [4.69, 9.17) is 9.97 Å². The highest BCUT2D eigenvalue weighted by Crippen LogP contribution is 2.46. The van der Waals surface area contributed by atoms with E-state index in [2.05, 4.69) is 186 Å². The summed E-state index contributed by atoms with van der Waals surface area (Å²) in [4.78, 5) is 10.9. The molecule has 1 unspecified atom stereocenters. The number of allylic oxidation sites excluding steroid dienone is 4. The summed E-state index contributed by atoms with van der Waals surface area (Å²) >= 11 is 0. The van der Waals surface area contributed by atoms with Crippen molar-refractivity contribution in [1.82, 2.24) is 19.1 Å². The first kappa shape index (κ1) is 29.4. The molecule has 0 N–H and O–H groups in total. The Morgan fingerprint density at radius 3 is 1.86 bits per heavy atom. The highest BCUT2D eigenvalue weighted by Gasteiger charge is 2.26. The number of hydrogen-bond donors (Lipinski definition) is 0. The molecule has 0 bridgehead atoms. The Morgan fingerprint density at radius 2 is 1.16 bits per heavy atom. The SMILES string of the molecule is CC1C=CC(c2cc(-c3ccccc3)nc(-n3c4ccccc4c4c(-c5ccccc5)cc5c6ccccc6n(-c6ccccc6)c5c43)n2)=CC1. The first-order valence-corrected chi connectivity index (χ1v) is 17.7. The molecule has 0 fully saturated rings. The molecule has 3 heterocycles. The fourth-order valence-electron chi connectivity index (χ4n) is 7.85. The second kappa shape index (κ2) is 11.8. The third kappa shape index (κ3) is 4.75. The van der Waals surface area contributed by atoms with Gasteiger partial charge in [0.25, 0.3) is 0 Å². The molecule has 4 heteroatoms. The van der Waals surface area contributed by atoms with Gasteiger partial charge in [0, 0.05) is 32.8 Å². The van der Waals surface area contributed by atoms with E-state index in [1.165, 1.54) is 32.7 Å². The molecule has 9 aromatic rings. The number of benzene rings is 6. The van der Waals surface area contributed by atoms with Gasteiger partial charge in [-0.3, -0.25) is 4.57 Å². The second-order valence-corrected chi connectivity index (χ2v) is 13.5. The summed E-state index contributed by atoms with van der Waals surface area (Å²) in [6.07, 6.45) is 7.81. The molecule has 51 heavy (non-hydrogen) atoms. The van der Waals surface area contributed by atoms with Gasteiger partial charge in [-0.2, -0.15) is 0 Å². The lowest BCUT2D eigenvalue weighted by Gasteiger charge is -2.16. The number of hydrogen-bond acceptors (Lipinski definition) is 2. The quantitative estimate of drug-likeness (QED) is 0.185. The van der Waals surface area contributed by atoms with Crippen LogP contribution in [0.4, 0.5) is 0 Å². The van der Waals surface area contributed by atoms with Crippen LogP contribution in [-0.4, -0.2) is 19.1 Å². The number of fused-ring (bicyclic) bond motifs is 7. The van der Waals surface area contributed by atoms with Gasteiger partial charge in [0.15, 0.2) is 0 Å². The molecular weight excluding hydrogens is 621 g/mol. The third-order valence-electron chi connectivity index (χ3n) is 10.3. The summed E-state index contributed by atoms with van der Waals surface area (Å²) in [5.74, 6) is 1.16. The molecular formula is C47H34N4. The zero-order chi connectivity index (χ0) is 33.9. The average Bonchev–Trinajstić information content (AvgIpc) is 3.72. The zero-order valence-corrected chi connectivity index (χ0v) is 28.2. The molecule has 4 nitrogen and oxygen atoms in total. The van der Waals surface area contributed by atoms with Crippen LogP contribution in [0.25, 0.3) is 83.2 Å². The normalized spacial score (nSPS) is 14.5. The average molecular weight is 655 g/mol. The number of nitrogens with zero attached hydrogens (tertiary/aromatic N) is 4. The molecule has 6 aromatic carbocycles. The van der Waals surface area contributed by atoms with E-state index in [-0.39, 0.29) is 0 Å². The summed E-state index contributed by atoms with van der Waals surface area (Å²) in [7, 11) is 0. The van der Waals surface area contributed by atoms with Gasteiger partial charge in [-0.15, -0.1) is 0 Å². The van der Waals surface area contributed by atoms with Gasteiger partial charge in [-0.05, 0) is 65.4 Å².